The number of carbonyl (C=O) groups excluding carboxylic acids is 1. The maximum absolute atomic E-state index is 12.2. The number of nitrogens with zero attached hydrogens (tertiary/aromatic N) is 2. The zero-order chi connectivity index (χ0) is 13.3. The van der Waals surface area contributed by atoms with E-state index in [9.17, 15) is 4.79 Å². The van der Waals surface area contributed by atoms with Crippen LogP contribution in [0.5, 0.6) is 0 Å². The van der Waals surface area contributed by atoms with Gasteiger partial charge in [-0.15, -0.1) is 0 Å². The van der Waals surface area contributed by atoms with Crippen LogP contribution in [0.2, 0.25) is 0 Å². The van der Waals surface area contributed by atoms with Crippen molar-refractivity contribution >= 4 is 11.7 Å². The second-order valence-corrected chi connectivity index (χ2v) is 4.69. The Labute approximate surface area is 110 Å². The molecule has 1 amide bonds. The molecule has 3 N–H and O–H groups in total. The highest BCUT2D eigenvalue weighted by Crippen LogP contribution is 2.45. The number of hydrogen-bond donors (Lipinski definition) is 2. The summed E-state index contributed by atoms with van der Waals surface area (Å²) in [5, 5.41) is 3.02. The Morgan fingerprint density at radius 2 is 1.84 bits per heavy atom. The van der Waals surface area contributed by atoms with Gasteiger partial charge in [0.15, 0.2) is 11.5 Å². The summed E-state index contributed by atoms with van der Waals surface area (Å²) >= 11 is 0. The van der Waals surface area contributed by atoms with E-state index in [0.29, 0.717) is 0 Å². The van der Waals surface area contributed by atoms with Crippen LogP contribution in [0, 0.1) is 0 Å². The number of benzene rings is 1. The van der Waals surface area contributed by atoms with E-state index >= 15 is 0 Å². The molecule has 5 nitrogen and oxygen atoms in total. The van der Waals surface area contributed by atoms with Crippen LogP contribution in [0.15, 0.2) is 42.7 Å². The minimum absolute atomic E-state index is 0.156. The summed E-state index contributed by atoms with van der Waals surface area (Å²) < 4.78 is 0. The lowest BCUT2D eigenvalue weighted by Crippen LogP contribution is -2.35. The number of amides is 1. The molecular weight excluding hydrogens is 240 g/mol. The van der Waals surface area contributed by atoms with Gasteiger partial charge in [-0.2, -0.15) is 0 Å². The van der Waals surface area contributed by atoms with Gasteiger partial charge in [-0.1, -0.05) is 30.3 Å². The third-order valence-corrected chi connectivity index (χ3v) is 3.37. The summed E-state index contributed by atoms with van der Waals surface area (Å²) in [7, 11) is 0. The van der Waals surface area contributed by atoms with Gasteiger partial charge in [-0.25, -0.2) is 9.97 Å². The molecule has 0 aliphatic heterocycles. The molecule has 5 heteroatoms. The Kier molecular flexibility index (Phi) is 2.67. The number of nitrogens with two attached hydrogens (primary N) is 1. The molecule has 96 valence electrons. The Balaban J connectivity index is 1.83. The fraction of sp³-hybridized carbons (Fsp3) is 0.214. The minimum Gasteiger partial charge on any atom is -0.382 e. The maximum Gasteiger partial charge on any atom is 0.274 e. The highest BCUT2D eigenvalue weighted by atomic mass is 16.2. The van der Waals surface area contributed by atoms with Crippen molar-refractivity contribution in [2.75, 3.05) is 5.73 Å². The maximum atomic E-state index is 12.2. The largest absolute Gasteiger partial charge is 0.382 e. The van der Waals surface area contributed by atoms with E-state index in [1.807, 2.05) is 30.3 Å². The lowest BCUT2D eigenvalue weighted by atomic mass is 10.0. The Bertz CT molecular complexity index is 608. The van der Waals surface area contributed by atoms with Crippen molar-refractivity contribution in [1.82, 2.24) is 15.3 Å². The van der Waals surface area contributed by atoms with Crippen LogP contribution in [0.3, 0.4) is 0 Å². The summed E-state index contributed by atoms with van der Waals surface area (Å²) in [5.41, 5.74) is 6.70. The van der Waals surface area contributed by atoms with Gasteiger partial charge in [0.2, 0.25) is 0 Å². The molecule has 1 aliphatic rings. The molecule has 2 aromatic rings. The van der Waals surface area contributed by atoms with Crippen molar-refractivity contribution in [3.63, 3.8) is 0 Å². The second-order valence-electron chi connectivity index (χ2n) is 4.69. The molecule has 0 atom stereocenters. The number of carbonyl (C=O) groups is 1. The van der Waals surface area contributed by atoms with Crippen LogP contribution in [-0.4, -0.2) is 15.9 Å². The lowest BCUT2D eigenvalue weighted by Gasteiger charge is -2.17. The molecule has 1 heterocycles. The van der Waals surface area contributed by atoms with Crippen molar-refractivity contribution in [1.29, 1.82) is 0 Å². The van der Waals surface area contributed by atoms with E-state index in [0.717, 1.165) is 18.4 Å². The fourth-order valence-corrected chi connectivity index (χ4v) is 2.17. The van der Waals surface area contributed by atoms with E-state index in [1.165, 1.54) is 12.4 Å². The first-order valence-corrected chi connectivity index (χ1v) is 6.16. The van der Waals surface area contributed by atoms with Gasteiger partial charge in [0, 0.05) is 12.4 Å². The SMILES string of the molecule is Nc1nccnc1C(=O)NC1(c2ccccc2)CC1. The molecule has 1 fully saturated rings. The van der Waals surface area contributed by atoms with Crippen molar-refractivity contribution < 1.29 is 4.79 Å². The highest BCUT2D eigenvalue weighted by molar-refractivity contribution is 5.97. The van der Waals surface area contributed by atoms with Gasteiger partial charge in [-0.05, 0) is 18.4 Å². The highest BCUT2D eigenvalue weighted by Gasteiger charge is 2.46. The minimum atomic E-state index is -0.271. The normalized spacial score (nSPS) is 15.8. The smallest absolute Gasteiger partial charge is 0.274 e. The molecule has 1 aliphatic carbocycles. The van der Waals surface area contributed by atoms with Gasteiger partial charge in [-0.3, -0.25) is 4.79 Å². The molecule has 0 spiro atoms. The number of hydrogen-bond acceptors (Lipinski definition) is 4. The lowest BCUT2D eigenvalue weighted by molar-refractivity contribution is 0.0926. The van der Waals surface area contributed by atoms with E-state index < -0.39 is 0 Å². The van der Waals surface area contributed by atoms with Gasteiger partial charge in [0.1, 0.15) is 0 Å². The molecule has 3 rings (SSSR count). The zero-order valence-electron chi connectivity index (χ0n) is 10.3. The first-order chi connectivity index (χ1) is 9.21. The third kappa shape index (κ3) is 2.14. The van der Waals surface area contributed by atoms with E-state index in [1.54, 1.807) is 0 Å². The molecule has 0 radical (unpaired) electrons. The average Bonchev–Trinajstić information content (AvgIpc) is 3.21. The zero-order valence-corrected chi connectivity index (χ0v) is 10.3. The van der Waals surface area contributed by atoms with Crippen molar-refractivity contribution in [2.24, 2.45) is 0 Å². The Morgan fingerprint density at radius 3 is 2.47 bits per heavy atom. The monoisotopic (exact) mass is 254 g/mol. The number of rotatable bonds is 3. The van der Waals surface area contributed by atoms with Gasteiger partial charge >= 0.3 is 0 Å². The van der Waals surface area contributed by atoms with Crippen LogP contribution in [-0.2, 0) is 5.54 Å². The number of nitrogens with one attached hydrogen (secondary N) is 1. The summed E-state index contributed by atoms with van der Waals surface area (Å²) in [6.07, 6.45) is 4.80. The summed E-state index contributed by atoms with van der Waals surface area (Å²) in [6, 6.07) is 9.94. The fourth-order valence-electron chi connectivity index (χ4n) is 2.17. The topological polar surface area (TPSA) is 80.9 Å². The van der Waals surface area contributed by atoms with Gasteiger partial charge in [0.25, 0.3) is 5.91 Å². The second kappa shape index (κ2) is 4.35. The van der Waals surface area contributed by atoms with Crippen LogP contribution in [0.1, 0.15) is 28.9 Å². The molecule has 0 unspecified atom stereocenters. The predicted octanol–water partition coefficient (Wildman–Crippen LogP) is 1.48. The van der Waals surface area contributed by atoms with Gasteiger partial charge < -0.3 is 11.1 Å². The van der Waals surface area contributed by atoms with E-state index in [4.69, 9.17) is 5.73 Å². The molecule has 1 aromatic carbocycles. The quantitative estimate of drug-likeness (QED) is 0.869. The van der Waals surface area contributed by atoms with Crippen LogP contribution >= 0.6 is 0 Å². The first-order valence-electron chi connectivity index (χ1n) is 6.16. The summed E-state index contributed by atoms with van der Waals surface area (Å²) in [4.78, 5) is 20.1. The third-order valence-electron chi connectivity index (χ3n) is 3.37. The molecule has 0 saturated heterocycles. The van der Waals surface area contributed by atoms with E-state index in [-0.39, 0.29) is 23.0 Å². The van der Waals surface area contributed by atoms with Crippen molar-refractivity contribution in [3.05, 3.63) is 54.0 Å². The molecule has 1 aromatic heterocycles. The molecule has 0 bridgehead atoms. The number of aromatic nitrogens is 2. The predicted molar refractivity (Wildman–Crippen MR) is 71.3 cm³/mol. The van der Waals surface area contributed by atoms with Gasteiger partial charge in [0.05, 0.1) is 5.54 Å². The summed E-state index contributed by atoms with van der Waals surface area (Å²) in [5.74, 6) is -0.115. The average molecular weight is 254 g/mol. The van der Waals surface area contributed by atoms with Crippen molar-refractivity contribution in [2.45, 2.75) is 18.4 Å². The summed E-state index contributed by atoms with van der Waals surface area (Å²) in [6.45, 7) is 0. The Morgan fingerprint density at radius 1 is 1.16 bits per heavy atom. The molecule has 19 heavy (non-hydrogen) atoms. The van der Waals surface area contributed by atoms with Crippen molar-refractivity contribution in [3.8, 4) is 0 Å². The Hall–Kier alpha value is -2.43. The van der Waals surface area contributed by atoms with Crippen LogP contribution < -0.4 is 11.1 Å². The molecule has 1 saturated carbocycles. The molecular formula is C14H14N4O. The van der Waals surface area contributed by atoms with Crippen LogP contribution in [0.25, 0.3) is 0 Å². The number of nitrogen functional groups attached to an aromatic ring is 1. The van der Waals surface area contributed by atoms with E-state index in [2.05, 4.69) is 15.3 Å². The van der Waals surface area contributed by atoms with Crippen LogP contribution in [0.4, 0.5) is 5.82 Å². The first kappa shape index (κ1) is 11.6. The number of anilines is 1. The standard InChI is InChI=1S/C14H14N4O/c15-12-11(16-8-9-17-12)13(19)18-14(6-7-14)10-4-2-1-3-5-10/h1-5,8-9H,6-7H2,(H2,15,17)(H,18,19).